The minimum Gasteiger partial charge on any atom is -0.496 e. The monoisotopic (exact) mass is 297 g/mol. The first-order valence-electron chi connectivity index (χ1n) is 6.20. The highest BCUT2D eigenvalue weighted by Crippen LogP contribution is 2.35. The zero-order valence-electron chi connectivity index (χ0n) is 10.4. The lowest BCUT2D eigenvalue weighted by Gasteiger charge is -2.19. The Morgan fingerprint density at radius 3 is 2.76 bits per heavy atom. The Kier molecular flexibility index (Phi) is 4.10. The van der Waals surface area contributed by atoms with Gasteiger partial charge in [-0.3, -0.25) is 0 Å². The maximum absolute atomic E-state index is 6.08. The van der Waals surface area contributed by atoms with Gasteiger partial charge in [0.1, 0.15) is 5.75 Å². The van der Waals surface area contributed by atoms with Gasteiger partial charge in [0.25, 0.3) is 0 Å². The van der Waals surface area contributed by atoms with Crippen LogP contribution in [0.15, 0.2) is 22.7 Å². The van der Waals surface area contributed by atoms with Crippen LogP contribution in [0.3, 0.4) is 0 Å². The third-order valence-corrected chi connectivity index (χ3v) is 4.51. The zero-order valence-corrected chi connectivity index (χ0v) is 12.0. The number of methoxy groups -OCH3 is 1. The van der Waals surface area contributed by atoms with E-state index in [1.54, 1.807) is 7.11 Å². The van der Waals surface area contributed by atoms with Crippen molar-refractivity contribution < 1.29 is 4.74 Å². The molecule has 1 aliphatic carbocycles. The molecule has 3 heteroatoms. The molecule has 2 N–H and O–H groups in total. The van der Waals surface area contributed by atoms with Crippen LogP contribution >= 0.6 is 15.9 Å². The summed E-state index contributed by atoms with van der Waals surface area (Å²) in [6, 6.07) is 6.58. The molecule has 1 saturated carbocycles. The average molecular weight is 298 g/mol. The third-order valence-electron chi connectivity index (χ3n) is 4.01. The second kappa shape index (κ2) is 5.40. The molecule has 2 rings (SSSR count). The fourth-order valence-corrected chi connectivity index (χ4v) is 3.17. The lowest BCUT2D eigenvalue weighted by atomic mass is 9.89. The standard InChI is InChI=1S/C14H20BrNO/c1-9-10(3-5-13(9)16)7-11-8-12(15)4-6-14(11)17-2/h4,6,8-10,13H,3,5,7,16H2,1-2H3. The number of halogens is 1. The summed E-state index contributed by atoms with van der Waals surface area (Å²) >= 11 is 3.52. The molecule has 0 saturated heterocycles. The van der Waals surface area contributed by atoms with Crippen molar-refractivity contribution in [2.45, 2.75) is 32.2 Å². The molecule has 0 radical (unpaired) electrons. The zero-order chi connectivity index (χ0) is 12.4. The third kappa shape index (κ3) is 2.83. The van der Waals surface area contributed by atoms with E-state index in [2.05, 4.69) is 28.9 Å². The molecule has 94 valence electrons. The topological polar surface area (TPSA) is 35.2 Å². The number of benzene rings is 1. The maximum Gasteiger partial charge on any atom is 0.122 e. The second-order valence-electron chi connectivity index (χ2n) is 5.02. The average Bonchev–Trinajstić information content (AvgIpc) is 2.61. The molecule has 3 unspecified atom stereocenters. The molecule has 1 aromatic rings. The highest BCUT2D eigenvalue weighted by molar-refractivity contribution is 9.10. The molecule has 0 aliphatic heterocycles. The van der Waals surface area contributed by atoms with Crippen LogP contribution in [0.5, 0.6) is 5.75 Å². The Balaban J connectivity index is 2.15. The van der Waals surface area contributed by atoms with Crippen LogP contribution < -0.4 is 10.5 Å². The molecule has 1 aromatic carbocycles. The van der Waals surface area contributed by atoms with Crippen LogP contribution in [0.1, 0.15) is 25.3 Å². The quantitative estimate of drug-likeness (QED) is 0.928. The lowest BCUT2D eigenvalue weighted by Crippen LogP contribution is -2.25. The van der Waals surface area contributed by atoms with Gasteiger partial charge in [0.15, 0.2) is 0 Å². The highest BCUT2D eigenvalue weighted by atomic mass is 79.9. The summed E-state index contributed by atoms with van der Waals surface area (Å²) in [5, 5.41) is 0. The first kappa shape index (κ1) is 12.9. The first-order chi connectivity index (χ1) is 8.11. The summed E-state index contributed by atoms with van der Waals surface area (Å²) in [6.45, 7) is 2.27. The number of ether oxygens (including phenoxy) is 1. The van der Waals surface area contributed by atoms with Gasteiger partial charge in [-0.15, -0.1) is 0 Å². The lowest BCUT2D eigenvalue weighted by molar-refractivity contribution is 0.373. The van der Waals surface area contributed by atoms with Crippen molar-refractivity contribution >= 4 is 15.9 Å². The van der Waals surface area contributed by atoms with Gasteiger partial charge in [0.2, 0.25) is 0 Å². The number of hydrogen-bond donors (Lipinski definition) is 1. The Labute approximate surface area is 112 Å². The van der Waals surface area contributed by atoms with E-state index in [9.17, 15) is 0 Å². The predicted octanol–water partition coefficient (Wildman–Crippen LogP) is 3.37. The van der Waals surface area contributed by atoms with E-state index in [0.29, 0.717) is 17.9 Å². The minimum absolute atomic E-state index is 0.373. The van der Waals surface area contributed by atoms with Gasteiger partial charge in [-0.05, 0) is 54.9 Å². The van der Waals surface area contributed by atoms with Crippen molar-refractivity contribution in [1.29, 1.82) is 0 Å². The van der Waals surface area contributed by atoms with Crippen molar-refractivity contribution in [3.63, 3.8) is 0 Å². The minimum atomic E-state index is 0.373. The molecule has 0 spiro atoms. The van der Waals surface area contributed by atoms with Gasteiger partial charge in [-0.25, -0.2) is 0 Å². The van der Waals surface area contributed by atoms with E-state index in [-0.39, 0.29) is 0 Å². The van der Waals surface area contributed by atoms with Gasteiger partial charge in [0, 0.05) is 10.5 Å². The summed E-state index contributed by atoms with van der Waals surface area (Å²) < 4.78 is 6.53. The van der Waals surface area contributed by atoms with Crippen molar-refractivity contribution in [2.24, 2.45) is 17.6 Å². The summed E-state index contributed by atoms with van der Waals surface area (Å²) in [5.41, 5.74) is 7.37. The molecule has 0 aromatic heterocycles. The molecular formula is C14H20BrNO. The van der Waals surface area contributed by atoms with E-state index < -0.39 is 0 Å². The number of nitrogens with two attached hydrogens (primary N) is 1. The van der Waals surface area contributed by atoms with E-state index in [4.69, 9.17) is 10.5 Å². The van der Waals surface area contributed by atoms with Crippen LogP contribution in [0.4, 0.5) is 0 Å². The summed E-state index contributed by atoms with van der Waals surface area (Å²) in [7, 11) is 1.73. The van der Waals surface area contributed by atoms with E-state index in [1.165, 1.54) is 12.0 Å². The molecule has 1 fully saturated rings. The predicted molar refractivity (Wildman–Crippen MR) is 74.3 cm³/mol. The van der Waals surface area contributed by atoms with Gasteiger partial charge >= 0.3 is 0 Å². The van der Waals surface area contributed by atoms with Gasteiger partial charge in [-0.1, -0.05) is 22.9 Å². The van der Waals surface area contributed by atoms with Crippen molar-refractivity contribution in [1.82, 2.24) is 0 Å². The van der Waals surface area contributed by atoms with Crippen LogP contribution in [0.2, 0.25) is 0 Å². The molecule has 0 heterocycles. The smallest absolute Gasteiger partial charge is 0.122 e. The van der Waals surface area contributed by atoms with Gasteiger partial charge in [0.05, 0.1) is 7.11 Å². The molecule has 3 atom stereocenters. The Bertz CT molecular complexity index is 394. The molecular weight excluding hydrogens is 278 g/mol. The first-order valence-corrected chi connectivity index (χ1v) is 6.99. The second-order valence-corrected chi connectivity index (χ2v) is 5.94. The van der Waals surface area contributed by atoms with Crippen molar-refractivity contribution in [2.75, 3.05) is 7.11 Å². The Hall–Kier alpha value is -0.540. The fourth-order valence-electron chi connectivity index (χ4n) is 2.76. The van der Waals surface area contributed by atoms with Gasteiger partial charge in [-0.2, -0.15) is 0 Å². The van der Waals surface area contributed by atoms with Crippen LogP contribution in [0, 0.1) is 11.8 Å². The summed E-state index contributed by atoms with van der Waals surface area (Å²) in [6.07, 6.45) is 3.46. The number of rotatable bonds is 3. The SMILES string of the molecule is COc1ccc(Br)cc1CC1CCC(N)C1C. The number of hydrogen-bond acceptors (Lipinski definition) is 2. The van der Waals surface area contributed by atoms with Crippen LogP contribution in [-0.2, 0) is 6.42 Å². The Morgan fingerprint density at radius 1 is 1.41 bits per heavy atom. The normalized spacial score (nSPS) is 28.4. The van der Waals surface area contributed by atoms with Crippen LogP contribution in [0.25, 0.3) is 0 Å². The van der Waals surface area contributed by atoms with E-state index >= 15 is 0 Å². The molecule has 1 aliphatic rings. The summed E-state index contributed by atoms with van der Waals surface area (Å²) in [4.78, 5) is 0. The fraction of sp³-hybridized carbons (Fsp3) is 0.571. The maximum atomic E-state index is 6.08. The van der Waals surface area contributed by atoms with Crippen molar-refractivity contribution in [3.8, 4) is 5.75 Å². The molecule has 17 heavy (non-hydrogen) atoms. The molecule has 2 nitrogen and oxygen atoms in total. The molecule has 0 amide bonds. The largest absolute Gasteiger partial charge is 0.496 e. The van der Waals surface area contributed by atoms with Crippen molar-refractivity contribution in [3.05, 3.63) is 28.2 Å². The van der Waals surface area contributed by atoms with E-state index in [1.807, 2.05) is 12.1 Å². The van der Waals surface area contributed by atoms with Crippen LogP contribution in [-0.4, -0.2) is 13.2 Å². The molecule has 0 bridgehead atoms. The highest BCUT2D eigenvalue weighted by Gasteiger charge is 2.30. The van der Waals surface area contributed by atoms with E-state index in [0.717, 1.165) is 23.1 Å². The summed E-state index contributed by atoms with van der Waals surface area (Å²) in [5.74, 6) is 2.28. The Morgan fingerprint density at radius 2 is 2.18 bits per heavy atom. The van der Waals surface area contributed by atoms with Gasteiger partial charge < -0.3 is 10.5 Å².